The average molecular weight is 596 g/mol. The topological polar surface area (TPSA) is 208 Å². The minimum Gasteiger partial charge on any atom is -0.394 e. The van der Waals surface area contributed by atoms with Gasteiger partial charge in [-0.15, -0.1) is 0 Å². The molecule has 0 saturated carbocycles. The zero-order valence-electron chi connectivity index (χ0n) is 24.3. The van der Waals surface area contributed by atoms with Crippen LogP contribution in [0.15, 0.2) is 0 Å². The van der Waals surface area contributed by atoms with E-state index in [1.54, 1.807) is 0 Å². The molecule has 41 heavy (non-hydrogen) atoms. The zero-order valence-corrected chi connectivity index (χ0v) is 24.3. The van der Waals surface area contributed by atoms with Crippen LogP contribution in [0.25, 0.3) is 0 Å². The van der Waals surface area contributed by atoms with Crippen molar-refractivity contribution in [1.82, 2.24) is 5.32 Å². The summed E-state index contributed by atoms with van der Waals surface area (Å²) >= 11 is 0. The molecule has 0 aliphatic carbocycles. The number of hydrogen-bond donors (Lipinski definition) is 8. The van der Waals surface area contributed by atoms with Gasteiger partial charge in [-0.25, -0.2) is 0 Å². The van der Waals surface area contributed by atoms with Crippen molar-refractivity contribution in [1.29, 1.82) is 0 Å². The molecular formula is C28H53NO12. The van der Waals surface area contributed by atoms with Crippen molar-refractivity contribution < 1.29 is 59.5 Å². The highest BCUT2D eigenvalue weighted by molar-refractivity contribution is 5.77. The fourth-order valence-electron chi connectivity index (χ4n) is 5.10. The van der Waals surface area contributed by atoms with E-state index in [9.17, 15) is 40.5 Å². The lowest BCUT2D eigenvalue weighted by Crippen LogP contribution is -2.64. The summed E-state index contributed by atoms with van der Waals surface area (Å²) in [5.41, 5.74) is 0. The molecule has 242 valence electrons. The van der Waals surface area contributed by atoms with Gasteiger partial charge in [0.15, 0.2) is 12.6 Å². The minimum absolute atomic E-state index is 0.418. The lowest BCUT2D eigenvalue weighted by Gasteiger charge is -2.45. The van der Waals surface area contributed by atoms with E-state index in [1.165, 1.54) is 57.8 Å². The molecule has 2 aliphatic heterocycles. The monoisotopic (exact) mass is 595 g/mol. The lowest BCUT2D eigenvalue weighted by molar-refractivity contribution is -0.358. The van der Waals surface area contributed by atoms with Crippen LogP contribution in [-0.4, -0.2) is 129 Å². The first kappa shape index (κ1) is 36.2. The van der Waals surface area contributed by atoms with Crippen molar-refractivity contribution in [3.8, 4) is 0 Å². The van der Waals surface area contributed by atoms with Gasteiger partial charge in [0.25, 0.3) is 0 Å². The highest BCUT2D eigenvalue weighted by atomic mass is 16.7. The molecule has 2 saturated heterocycles. The Hall–Kier alpha value is -0.970. The number of carbonyl (C=O) groups excluding carboxylic acids is 1. The van der Waals surface area contributed by atoms with Gasteiger partial charge in [-0.05, 0) is 6.42 Å². The molecule has 1 amide bonds. The van der Waals surface area contributed by atoms with Crippen LogP contribution >= 0.6 is 0 Å². The predicted molar refractivity (Wildman–Crippen MR) is 146 cm³/mol. The Morgan fingerprint density at radius 2 is 1.17 bits per heavy atom. The predicted octanol–water partition coefficient (Wildman–Crippen LogP) is -0.556. The molecule has 0 spiro atoms. The quantitative estimate of drug-likeness (QED) is 0.0834. The van der Waals surface area contributed by atoms with Crippen LogP contribution in [0.1, 0.15) is 84.0 Å². The van der Waals surface area contributed by atoms with E-state index in [0.29, 0.717) is 6.54 Å². The fraction of sp³-hybridized carbons (Fsp3) is 0.964. The number of nitrogens with one attached hydrogen (secondary N) is 1. The third kappa shape index (κ3) is 11.9. The van der Waals surface area contributed by atoms with Crippen LogP contribution in [0.4, 0.5) is 0 Å². The largest absolute Gasteiger partial charge is 0.394 e. The summed E-state index contributed by atoms with van der Waals surface area (Å²) in [5.74, 6) is -0.418. The van der Waals surface area contributed by atoms with Crippen LogP contribution in [0, 0.1) is 0 Å². The van der Waals surface area contributed by atoms with Gasteiger partial charge >= 0.3 is 0 Å². The van der Waals surface area contributed by atoms with Crippen molar-refractivity contribution in [2.24, 2.45) is 0 Å². The van der Waals surface area contributed by atoms with E-state index in [-0.39, 0.29) is 0 Å². The second-order valence-electron chi connectivity index (χ2n) is 11.1. The third-order valence-corrected chi connectivity index (χ3v) is 7.69. The van der Waals surface area contributed by atoms with Crippen molar-refractivity contribution in [2.45, 2.75) is 145 Å². The third-order valence-electron chi connectivity index (χ3n) is 7.69. The Bertz CT molecular complexity index is 699. The lowest BCUT2D eigenvalue weighted by atomic mass is 9.97. The first-order chi connectivity index (χ1) is 19.7. The average Bonchev–Trinajstić information content (AvgIpc) is 2.97. The Morgan fingerprint density at radius 1 is 0.659 bits per heavy atom. The van der Waals surface area contributed by atoms with Crippen molar-refractivity contribution in [2.75, 3.05) is 26.4 Å². The molecule has 0 aromatic rings. The number of aliphatic hydroxyl groups excluding tert-OH is 7. The molecular weight excluding hydrogens is 542 g/mol. The van der Waals surface area contributed by atoms with Gasteiger partial charge in [0.1, 0.15) is 55.4 Å². The molecule has 2 fully saturated rings. The zero-order chi connectivity index (χ0) is 30.2. The van der Waals surface area contributed by atoms with Crippen molar-refractivity contribution >= 4 is 5.91 Å². The van der Waals surface area contributed by atoms with Crippen LogP contribution in [0.5, 0.6) is 0 Å². The number of aliphatic hydroxyl groups is 7. The van der Waals surface area contributed by atoms with Crippen LogP contribution in [0.2, 0.25) is 0 Å². The summed E-state index contributed by atoms with van der Waals surface area (Å²) in [4.78, 5) is 12.2. The molecule has 0 unspecified atom stereocenters. The number of hydrogen-bond acceptors (Lipinski definition) is 12. The maximum absolute atomic E-state index is 12.2. The van der Waals surface area contributed by atoms with E-state index < -0.39 is 87.1 Å². The summed E-state index contributed by atoms with van der Waals surface area (Å²) in [6, 6.07) is 0. The Labute approximate surface area is 242 Å². The molecule has 0 bridgehead atoms. The van der Waals surface area contributed by atoms with E-state index in [0.717, 1.165) is 19.3 Å². The molecule has 0 aromatic carbocycles. The standard InChI is InChI=1S/C28H53NO12/c1-2-3-4-5-6-7-8-9-10-11-12-13-14-29-20(32)17-38-27-25(37)23(35)26(19(16-31)40-27)41-28-24(36)22(34)21(33)18(15-30)39-28/h18-19,21-28,30-31,33-37H,2-17H2,1H3,(H,29,32)/t18-,19-,21+,22+,23-,24-,25-,26-,27-,28+/m1/s1. The number of rotatable bonds is 20. The van der Waals surface area contributed by atoms with Crippen LogP contribution in [-0.2, 0) is 23.7 Å². The van der Waals surface area contributed by atoms with Gasteiger partial charge in [-0.3, -0.25) is 4.79 Å². The van der Waals surface area contributed by atoms with Crippen LogP contribution in [0.3, 0.4) is 0 Å². The first-order valence-corrected chi connectivity index (χ1v) is 15.2. The summed E-state index contributed by atoms with van der Waals surface area (Å²) < 4.78 is 21.6. The maximum atomic E-state index is 12.2. The highest BCUT2D eigenvalue weighted by Crippen LogP contribution is 2.29. The number of unbranched alkanes of at least 4 members (excludes halogenated alkanes) is 11. The summed E-state index contributed by atoms with van der Waals surface area (Å²) in [6.45, 7) is 0.909. The van der Waals surface area contributed by atoms with E-state index in [4.69, 9.17) is 18.9 Å². The van der Waals surface area contributed by atoms with Crippen molar-refractivity contribution in [3.05, 3.63) is 0 Å². The van der Waals surface area contributed by atoms with Gasteiger partial charge in [0, 0.05) is 6.54 Å². The molecule has 13 nitrogen and oxygen atoms in total. The minimum atomic E-state index is -1.75. The molecule has 13 heteroatoms. The van der Waals surface area contributed by atoms with Gasteiger partial charge in [0.2, 0.25) is 5.91 Å². The van der Waals surface area contributed by atoms with Crippen molar-refractivity contribution in [3.63, 3.8) is 0 Å². The SMILES string of the molecule is CCCCCCCCCCCCCCNC(=O)CO[C@@H]1O[C@H](CO)[C@@H](O[C@@H]2O[C@H](CO)[C@H](O)[C@H](O)[C@H]2O)[C@H](O)[C@H]1O. The molecule has 0 radical (unpaired) electrons. The molecule has 2 heterocycles. The molecule has 10 atom stereocenters. The van der Waals surface area contributed by atoms with Gasteiger partial charge in [-0.2, -0.15) is 0 Å². The fourth-order valence-corrected chi connectivity index (χ4v) is 5.10. The van der Waals surface area contributed by atoms with Crippen LogP contribution < -0.4 is 5.32 Å². The maximum Gasteiger partial charge on any atom is 0.246 e. The Balaban J connectivity index is 1.64. The van der Waals surface area contributed by atoms with E-state index in [1.807, 2.05) is 0 Å². The van der Waals surface area contributed by atoms with Gasteiger partial charge in [0.05, 0.1) is 13.2 Å². The van der Waals surface area contributed by atoms with Gasteiger partial charge in [-0.1, -0.05) is 77.6 Å². The van der Waals surface area contributed by atoms with E-state index >= 15 is 0 Å². The molecule has 2 aliphatic rings. The summed E-state index contributed by atoms with van der Waals surface area (Å²) in [5, 5.41) is 73.0. The summed E-state index contributed by atoms with van der Waals surface area (Å²) in [7, 11) is 0. The second kappa shape index (κ2) is 20.1. The second-order valence-corrected chi connectivity index (χ2v) is 11.1. The first-order valence-electron chi connectivity index (χ1n) is 15.2. The highest BCUT2D eigenvalue weighted by Gasteiger charge is 2.50. The molecule has 2 rings (SSSR count). The number of ether oxygens (including phenoxy) is 4. The molecule has 8 N–H and O–H groups in total. The normalized spacial score (nSPS) is 34.0. The summed E-state index contributed by atoms with van der Waals surface area (Å²) in [6.07, 6.45) is -0.828. The van der Waals surface area contributed by atoms with Gasteiger partial charge < -0.3 is 60.0 Å². The van der Waals surface area contributed by atoms with E-state index in [2.05, 4.69) is 12.2 Å². The Morgan fingerprint density at radius 3 is 1.73 bits per heavy atom. The number of carbonyl (C=O) groups is 1. The number of amides is 1. The Kier molecular flexibility index (Phi) is 17.7. The molecule has 0 aromatic heterocycles. The smallest absolute Gasteiger partial charge is 0.246 e.